The van der Waals surface area contributed by atoms with Crippen molar-refractivity contribution in [2.24, 2.45) is 23.0 Å². The number of Topliss-reactive ketones (excluding diaryl/α,β-unsaturated/α-hetero) is 1. The monoisotopic (exact) mass is 440 g/mol. The molecule has 7 atom stereocenters. The number of piperidine rings is 1. The highest BCUT2D eigenvalue weighted by Gasteiger charge is 2.59. The van der Waals surface area contributed by atoms with E-state index in [-0.39, 0.29) is 24.4 Å². The molecule has 1 unspecified atom stereocenters. The van der Waals surface area contributed by atoms with Crippen LogP contribution in [0.4, 0.5) is 11.4 Å². The van der Waals surface area contributed by atoms with E-state index in [9.17, 15) is 14.4 Å². The Bertz CT molecular complexity index is 984. The minimum Gasteiger partial charge on any atom is -0.372 e. The highest BCUT2D eigenvalue weighted by molar-refractivity contribution is 6.11. The summed E-state index contributed by atoms with van der Waals surface area (Å²) < 4.78 is 6.08. The van der Waals surface area contributed by atoms with Gasteiger partial charge in [-0.2, -0.15) is 0 Å². The zero-order chi connectivity index (χ0) is 22.9. The molecule has 8 nitrogen and oxygen atoms in total. The van der Waals surface area contributed by atoms with Gasteiger partial charge < -0.3 is 20.3 Å². The smallest absolute Gasteiger partial charge is 0.242 e. The molecule has 3 aliphatic heterocycles. The molecular weight excluding hydrogens is 408 g/mol. The summed E-state index contributed by atoms with van der Waals surface area (Å²) in [6.45, 7) is 9.12. The molecule has 1 saturated carbocycles. The fraction of sp³-hybridized carbons (Fsp3) is 0.625. The normalized spacial score (nSPS) is 37.3. The van der Waals surface area contributed by atoms with Crippen molar-refractivity contribution < 1.29 is 19.1 Å². The lowest BCUT2D eigenvalue weighted by Crippen LogP contribution is -2.69. The Kier molecular flexibility index (Phi) is 4.87. The van der Waals surface area contributed by atoms with Crippen LogP contribution in [0.3, 0.4) is 0 Å². The molecule has 32 heavy (non-hydrogen) atoms. The number of ether oxygens (including phenoxy) is 1. The van der Waals surface area contributed by atoms with Crippen molar-refractivity contribution in [3.63, 3.8) is 0 Å². The van der Waals surface area contributed by atoms with Gasteiger partial charge >= 0.3 is 0 Å². The van der Waals surface area contributed by atoms with E-state index in [1.165, 1.54) is 13.8 Å². The number of fused-ring (bicyclic) bond motifs is 4. The molecule has 2 saturated heterocycles. The zero-order valence-corrected chi connectivity index (χ0v) is 19.1. The van der Waals surface area contributed by atoms with Gasteiger partial charge in [-0.3, -0.25) is 19.7 Å². The lowest BCUT2D eigenvalue weighted by atomic mass is 9.65. The molecule has 0 radical (unpaired) electrons. The molecule has 3 fully saturated rings. The van der Waals surface area contributed by atoms with Gasteiger partial charge in [0.05, 0.1) is 18.2 Å². The standard InChI is InChI=1S/C24H32N4O4/c1-12-9-28-20-6-5-17(27-10-18-19(11-27)21(18)25)7-16(20)8-24(14(3)29,22(28)13(2)32-12)23(31)26-15(4)30/h5-7,12-13,18-19,21-22H,8-11,25H2,1-4H3,(H,26,30,31)/t12-,13+,18-,19+,21?,22-,24+/m1/s1. The average Bonchev–Trinajstić information content (AvgIpc) is 3.10. The van der Waals surface area contributed by atoms with Crippen molar-refractivity contribution in [1.29, 1.82) is 0 Å². The Hall–Kier alpha value is -2.45. The van der Waals surface area contributed by atoms with E-state index in [1.807, 2.05) is 13.8 Å². The maximum atomic E-state index is 13.4. The molecule has 3 N–H and O–H groups in total. The van der Waals surface area contributed by atoms with Crippen LogP contribution >= 0.6 is 0 Å². The number of hydrogen-bond donors (Lipinski definition) is 2. The average molecular weight is 441 g/mol. The summed E-state index contributed by atoms with van der Waals surface area (Å²) in [6, 6.07) is 6.20. The van der Waals surface area contributed by atoms with Crippen LogP contribution in [0.25, 0.3) is 0 Å². The highest BCUT2D eigenvalue weighted by Crippen LogP contribution is 2.49. The number of nitrogens with one attached hydrogen (secondary N) is 1. The van der Waals surface area contributed by atoms with E-state index in [0.717, 1.165) is 30.0 Å². The third kappa shape index (κ3) is 3.07. The summed E-state index contributed by atoms with van der Waals surface area (Å²) in [4.78, 5) is 42.9. The number of nitrogens with zero attached hydrogens (tertiary/aromatic N) is 2. The van der Waals surface area contributed by atoms with E-state index in [1.54, 1.807) is 0 Å². The quantitative estimate of drug-likeness (QED) is 0.672. The summed E-state index contributed by atoms with van der Waals surface area (Å²) in [5.41, 5.74) is 7.80. The van der Waals surface area contributed by atoms with Gasteiger partial charge in [0.2, 0.25) is 11.8 Å². The third-order valence-electron chi connectivity index (χ3n) is 7.98. The number of benzene rings is 1. The first-order valence-corrected chi connectivity index (χ1v) is 11.5. The number of carbonyl (C=O) groups is 3. The van der Waals surface area contributed by atoms with Crippen molar-refractivity contribution >= 4 is 29.0 Å². The number of anilines is 2. The van der Waals surface area contributed by atoms with Gasteiger partial charge in [-0.25, -0.2) is 0 Å². The molecule has 1 aromatic carbocycles. The number of ketones is 1. The molecule has 0 aromatic heterocycles. The summed E-state index contributed by atoms with van der Waals surface area (Å²) in [7, 11) is 0. The number of hydrogen-bond acceptors (Lipinski definition) is 7. The summed E-state index contributed by atoms with van der Waals surface area (Å²) in [5.74, 6) is -0.127. The van der Waals surface area contributed by atoms with Crippen molar-refractivity contribution in [3.05, 3.63) is 23.8 Å². The van der Waals surface area contributed by atoms with Crippen molar-refractivity contribution in [2.75, 3.05) is 29.4 Å². The molecule has 3 heterocycles. The fourth-order valence-electron chi connectivity index (χ4n) is 6.40. The Morgan fingerprint density at radius 2 is 1.81 bits per heavy atom. The predicted octanol–water partition coefficient (Wildman–Crippen LogP) is 0.856. The molecule has 1 aliphatic carbocycles. The second-order valence-electron chi connectivity index (χ2n) is 10.1. The Balaban J connectivity index is 1.58. The SMILES string of the molecule is CC(=O)NC(=O)[C@]1(C(C)=O)Cc2cc(N3C[C@@H]4C(N)[C@@H]4C3)ccc2N2C[C@@H](C)O[C@@H](C)[C@@H]21. The molecule has 172 valence electrons. The van der Waals surface area contributed by atoms with E-state index in [4.69, 9.17) is 10.5 Å². The predicted molar refractivity (Wildman–Crippen MR) is 120 cm³/mol. The van der Waals surface area contributed by atoms with Crippen LogP contribution in [0.5, 0.6) is 0 Å². The van der Waals surface area contributed by atoms with Gasteiger partial charge in [-0.15, -0.1) is 0 Å². The molecule has 0 bridgehead atoms. The van der Waals surface area contributed by atoms with Gasteiger partial charge in [-0.1, -0.05) is 0 Å². The van der Waals surface area contributed by atoms with Crippen molar-refractivity contribution in [1.82, 2.24) is 5.32 Å². The van der Waals surface area contributed by atoms with Crippen LogP contribution < -0.4 is 20.9 Å². The van der Waals surface area contributed by atoms with Crippen molar-refractivity contribution in [3.8, 4) is 0 Å². The van der Waals surface area contributed by atoms with E-state index in [0.29, 0.717) is 24.4 Å². The molecule has 8 heteroatoms. The first kappa shape index (κ1) is 21.4. The molecule has 5 rings (SSSR count). The second kappa shape index (κ2) is 7.28. The number of nitrogens with two attached hydrogens (primary N) is 1. The summed E-state index contributed by atoms with van der Waals surface area (Å²) >= 11 is 0. The number of imide groups is 1. The topological polar surface area (TPSA) is 105 Å². The van der Waals surface area contributed by atoms with Crippen LogP contribution in [0, 0.1) is 17.3 Å². The number of carbonyl (C=O) groups excluding carboxylic acids is 3. The molecule has 2 amide bonds. The number of amides is 2. The van der Waals surface area contributed by atoms with Crippen LogP contribution in [0.2, 0.25) is 0 Å². The Morgan fingerprint density at radius 1 is 1.12 bits per heavy atom. The zero-order valence-electron chi connectivity index (χ0n) is 19.1. The maximum Gasteiger partial charge on any atom is 0.242 e. The molecule has 1 aromatic rings. The van der Waals surface area contributed by atoms with Crippen LogP contribution in [-0.4, -0.2) is 61.5 Å². The van der Waals surface area contributed by atoms with Crippen molar-refractivity contribution in [2.45, 2.75) is 58.4 Å². The van der Waals surface area contributed by atoms with E-state index in [2.05, 4.69) is 33.3 Å². The maximum absolute atomic E-state index is 13.4. The molecular formula is C24H32N4O4. The van der Waals surface area contributed by atoms with Crippen LogP contribution in [0.1, 0.15) is 33.3 Å². The highest BCUT2D eigenvalue weighted by atomic mass is 16.5. The molecule has 0 spiro atoms. The van der Waals surface area contributed by atoms with Gasteiger partial charge in [0.25, 0.3) is 0 Å². The fourth-order valence-corrected chi connectivity index (χ4v) is 6.40. The lowest BCUT2D eigenvalue weighted by molar-refractivity contribution is -0.151. The van der Waals surface area contributed by atoms with Gasteiger partial charge in [0.15, 0.2) is 0 Å². The summed E-state index contributed by atoms with van der Waals surface area (Å²) in [6.07, 6.45) is -0.145. The lowest BCUT2D eigenvalue weighted by Gasteiger charge is -2.55. The third-order valence-corrected chi connectivity index (χ3v) is 7.98. The van der Waals surface area contributed by atoms with Gasteiger partial charge in [-0.05, 0) is 62.8 Å². The largest absolute Gasteiger partial charge is 0.372 e. The van der Waals surface area contributed by atoms with Gasteiger partial charge in [0, 0.05) is 44.0 Å². The number of morpholine rings is 1. The number of rotatable bonds is 3. The van der Waals surface area contributed by atoms with E-state index < -0.39 is 23.3 Å². The first-order valence-electron chi connectivity index (χ1n) is 11.5. The minimum atomic E-state index is -1.40. The van der Waals surface area contributed by atoms with Crippen LogP contribution in [-0.2, 0) is 25.5 Å². The molecule has 4 aliphatic rings. The summed E-state index contributed by atoms with van der Waals surface area (Å²) in [5, 5.41) is 2.41. The van der Waals surface area contributed by atoms with E-state index >= 15 is 0 Å². The van der Waals surface area contributed by atoms with Crippen LogP contribution in [0.15, 0.2) is 18.2 Å². The minimum absolute atomic E-state index is 0.0421. The Morgan fingerprint density at radius 3 is 2.44 bits per heavy atom. The Labute approximate surface area is 188 Å². The first-order chi connectivity index (χ1) is 15.1. The second-order valence-corrected chi connectivity index (χ2v) is 10.1. The van der Waals surface area contributed by atoms with Gasteiger partial charge in [0.1, 0.15) is 11.2 Å².